The van der Waals surface area contributed by atoms with Crippen LogP contribution in [0.2, 0.25) is 0 Å². The molecule has 0 atom stereocenters. The number of amides is 2. The van der Waals surface area contributed by atoms with E-state index < -0.39 is 12.2 Å². The summed E-state index contributed by atoms with van der Waals surface area (Å²) in [4.78, 5) is 25.8. The topological polar surface area (TPSA) is 59.1 Å². The monoisotopic (exact) mass is 280 g/mol. The Labute approximate surface area is 118 Å². The maximum absolute atomic E-state index is 11.4. The maximum atomic E-state index is 11.4. The Hall–Kier alpha value is -2.24. The molecule has 0 aromatic heterocycles. The molecule has 0 fully saturated rings. The van der Waals surface area contributed by atoms with Crippen LogP contribution in [0.25, 0.3) is 0 Å². The molecule has 0 saturated heterocycles. The van der Waals surface area contributed by atoms with Crippen molar-refractivity contribution in [1.82, 2.24) is 9.80 Å². The largest absolute Gasteiger partial charge is 0.453 e. The molecule has 1 aromatic rings. The summed E-state index contributed by atoms with van der Waals surface area (Å²) in [6.45, 7) is 0.829. The third-order valence-corrected chi connectivity index (χ3v) is 2.91. The third kappa shape index (κ3) is 4.15. The first kappa shape index (κ1) is 15.8. The van der Waals surface area contributed by atoms with Gasteiger partial charge in [0, 0.05) is 27.2 Å². The molecule has 0 aliphatic rings. The summed E-state index contributed by atoms with van der Waals surface area (Å²) >= 11 is 0. The standard InChI is InChI=1S/C14H20N2O4/c1-15(13(17)19-3)9-11-7-5-6-8-12(11)10-16(2)14(18)20-4/h5-8H,9-10H2,1-4H3. The lowest BCUT2D eigenvalue weighted by Crippen LogP contribution is -2.29. The zero-order valence-corrected chi connectivity index (χ0v) is 12.3. The van der Waals surface area contributed by atoms with Crippen LogP contribution in [-0.4, -0.2) is 50.3 Å². The summed E-state index contributed by atoms with van der Waals surface area (Å²) in [6, 6.07) is 7.62. The van der Waals surface area contributed by atoms with Gasteiger partial charge in [-0.3, -0.25) is 0 Å². The number of benzene rings is 1. The average Bonchev–Trinajstić information content (AvgIpc) is 2.47. The zero-order valence-electron chi connectivity index (χ0n) is 12.3. The number of carbonyl (C=O) groups excluding carboxylic acids is 2. The fourth-order valence-corrected chi connectivity index (χ4v) is 1.82. The third-order valence-electron chi connectivity index (χ3n) is 2.91. The molecule has 6 nitrogen and oxygen atoms in total. The lowest BCUT2D eigenvalue weighted by molar-refractivity contribution is 0.128. The van der Waals surface area contributed by atoms with Crippen molar-refractivity contribution in [2.75, 3.05) is 28.3 Å². The molecule has 0 bridgehead atoms. The molecule has 1 aromatic carbocycles. The number of carbonyl (C=O) groups is 2. The van der Waals surface area contributed by atoms with Gasteiger partial charge in [0.1, 0.15) is 0 Å². The van der Waals surface area contributed by atoms with Gasteiger partial charge < -0.3 is 19.3 Å². The highest BCUT2D eigenvalue weighted by molar-refractivity contribution is 5.67. The predicted octanol–water partition coefficient (Wildman–Crippen LogP) is 2.08. The van der Waals surface area contributed by atoms with Gasteiger partial charge in [-0.15, -0.1) is 0 Å². The normalized spacial score (nSPS) is 9.80. The van der Waals surface area contributed by atoms with Crippen LogP contribution in [0.5, 0.6) is 0 Å². The molecular weight excluding hydrogens is 260 g/mol. The molecule has 20 heavy (non-hydrogen) atoms. The Bertz CT molecular complexity index is 433. The first-order valence-corrected chi connectivity index (χ1v) is 6.14. The van der Waals surface area contributed by atoms with Crippen molar-refractivity contribution >= 4 is 12.2 Å². The Morgan fingerprint density at radius 2 is 1.25 bits per heavy atom. The first-order valence-electron chi connectivity index (χ1n) is 6.14. The Balaban J connectivity index is 2.83. The fourth-order valence-electron chi connectivity index (χ4n) is 1.82. The minimum Gasteiger partial charge on any atom is -0.453 e. The number of rotatable bonds is 4. The first-order chi connectivity index (χ1) is 9.49. The molecule has 0 aliphatic carbocycles. The number of hydrogen-bond acceptors (Lipinski definition) is 4. The Morgan fingerprint density at radius 3 is 1.55 bits per heavy atom. The predicted molar refractivity (Wildman–Crippen MR) is 74.2 cm³/mol. The van der Waals surface area contributed by atoms with E-state index in [9.17, 15) is 9.59 Å². The van der Waals surface area contributed by atoms with E-state index in [4.69, 9.17) is 0 Å². The van der Waals surface area contributed by atoms with Crippen molar-refractivity contribution in [3.8, 4) is 0 Å². The van der Waals surface area contributed by atoms with E-state index in [1.165, 1.54) is 24.0 Å². The van der Waals surface area contributed by atoms with Gasteiger partial charge in [0.15, 0.2) is 0 Å². The maximum Gasteiger partial charge on any atom is 0.409 e. The second-order valence-electron chi connectivity index (χ2n) is 4.42. The van der Waals surface area contributed by atoms with Crippen molar-refractivity contribution in [3.63, 3.8) is 0 Å². The molecule has 0 aliphatic heterocycles. The quantitative estimate of drug-likeness (QED) is 0.847. The van der Waals surface area contributed by atoms with Crippen LogP contribution in [0.4, 0.5) is 9.59 Å². The summed E-state index contributed by atoms with van der Waals surface area (Å²) in [7, 11) is 6.00. The van der Waals surface area contributed by atoms with Crippen molar-refractivity contribution < 1.29 is 19.1 Å². The van der Waals surface area contributed by atoms with E-state index in [1.807, 2.05) is 24.3 Å². The van der Waals surface area contributed by atoms with Gasteiger partial charge in [-0.05, 0) is 11.1 Å². The SMILES string of the molecule is COC(=O)N(C)Cc1ccccc1CN(C)C(=O)OC. The molecule has 0 heterocycles. The fraction of sp³-hybridized carbons (Fsp3) is 0.429. The number of methoxy groups -OCH3 is 2. The molecule has 2 amide bonds. The van der Waals surface area contributed by atoms with Gasteiger partial charge in [-0.2, -0.15) is 0 Å². The van der Waals surface area contributed by atoms with E-state index in [0.717, 1.165) is 11.1 Å². The summed E-state index contributed by atoms with van der Waals surface area (Å²) in [6.07, 6.45) is -0.803. The summed E-state index contributed by atoms with van der Waals surface area (Å²) in [5.74, 6) is 0. The van der Waals surface area contributed by atoms with Gasteiger partial charge in [0.25, 0.3) is 0 Å². The Morgan fingerprint density at radius 1 is 0.900 bits per heavy atom. The molecule has 110 valence electrons. The van der Waals surface area contributed by atoms with Crippen LogP contribution < -0.4 is 0 Å². The van der Waals surface area contributed by atoms with Crippen molar-refractivity contribution in [1.29, 1.82) is 0 Å². The van der Waals surface area contributed by atoms with E-state index in [0.29, 0.717) is 13.1 Å². The van der Waals surface area contributed by atoms with Crippen LogP contribution in [0.3, 0.4) is 0 Å². The van der Waals surface area contributed by atoms with Crippen molar-refractivity contribution in [2.24, 2.45) is 0 Å². The van der Waals surface area contributed by atoms with Crippen LogP contribution in [0, 0.1) is 0 Å². The molecular formula is C14H20N2O4. The van der Waals surface area contributed by atoms with Gasteiger partial charge in [-0.25, -0.2) is 9.59 Å². The van der Waals surface area contributed by atoms with Crippen LogP contribution in [0.1, 0.15) is 11.1 Å². The lowest BCUT2D eigenvalue weighted by Gasteiger charge is -2.20. The number of nitrogens with zero attached hydrogens (tertiary/aromatic N) is 2. The van der Waals surface area contributed by atoms with E-state index in [2.05, 4.69) is 9.47 Å². The highest BCUT2D eigenvalue weighted by Gasteiger charge is 2.14. The number of hydrogen-bond donors (Lipinski definition) is 0. The molecule has 0 saturated carbocycles. The second-order valence-corrected chi connectivity index (χ2v) is 4.42. The highest BCUT2D eigenvalue weighted by atomic mass is 16.5. The second kappa shape index (κ2) is 7.37. The summed E-state index contributed by atoms with van der Waals surface area (Å²) in [5, 5.41) is 0. The summed E-state index contributed by atoms with van der Waals surface area (Å²) < 4.78 is 9.33. The van der Waals surface area contributed by atoms with E-state index in [-0.39, 0.29) is 0 Å². The molecule has 0 N–H and O–H groups in total. The molecule has 0 unspecified atom stereocenters. The van der Waals surface area contributed by atoms with Gasteiger partial charge in [-0.1, -0.05) is 24.3 Å². The van der Waals surface area contributed by atoms with Crippen molar-refractivity contribution in [3.05, 3.63) is 35.4 Å². The van der Waals surface area contributed by atoms with Gasteiger partial charge in [0.05, 0.1) is 14.2 Å². The zero-order chi connectivity index (χ0) is 15.1. The average molecular weight is 280 g/mol. The van der Waals surface area contributed by atoms with Crippen LogP contribution >= 0.6 is 0 Å². The van der Waals surface area contributed by atoms with E-state index >= 15 is 0 Å². The molecule has 0 spiro atoms. The van der Waals surface area contributed by atoms with Crippen LogP contribution in [-0.2, 0) is 22.6 Å². The van der Waals surface area contributed by atoms with E-state index in [1.54, 1.807) is 14.1 Å². The Kier molecular flexibility index (Phi) is 5.83. The molecule has 1 rings (SSSR count). The minimum atomic E-state index is -0.402. The molecule has 6 heteroatoms. The highest BCUT2D eigenvalue weighted by Crippen LogP contribution is 2.14. The number of ether oxygens (including phenoxy) is 2. The van der Waals surface area contributed by atoms with Crippen LogP contribution in [0.15, 0.2) is 24.3 Å². The van der Waals surface area contributed by atoms with Gasteiger partial charge >= 0.3 is 12.2 Å². The minimum absolute atomic E-state index is 0.402. The smallest absolute Gasteiger partial charge is 0.409 e. The lowest BCUT2D eigenvalue weighted by atomic mass is 10.1. The van der Waals surface area contributed by atoms with Crippen molar-refractivity contribution in [2.45, 2.75) is 13.1 Å². The summed E-state index contributed by atoms with van der Waals surface area (Å²) in [5.41, 5.74) is 1.91. The molecule has 0 radical (unpaired) electrons. The van der Waals surface area contributed by atoms with Gasteiger partial charge in [0.2, 0.25) is 0 Å².